The lowest BCUT2D eigenvalue weighted by molar-refractivity contribution is -0.141. The zero-order valence-electron chi connectivity index (χ0n) is 23.5. The van der Waals surface area contributed by atoms with Gasteiger partial charge in [-0.3, -0.25) is 14.6 Å². The SMILES string of the molecule is O=C(NCc1ccncc1)C(c1ccccc1)N(Cc1ccc(Cl)cc1)C(=O)CCc1ccc(S(=O)(=O)NC2CC2)cc1. The Hall–Kier alpha value is -4.05. The molecule has 4 aromatic rings. The van der Waals surface area contributed by atoms with E-state index in [1.165, 1.54) is 0 Å². The van der Waals surface area contributed by atoms with E-state index in [-0.39, 0.29) is 35.7 Å². The number of aromatic nitrogens is 1. The number of sulfonamides is 1. The number of halogens is 1. The number of hydrogen-bond donors (Lipinski definition) is 2. The van der Waals surface area contributed by atoms with Gasteiger partial charge in [-0.05, 0) is 77.9 Å². The van der Waals surface area contributed by atoms with Crippen LogP contribution >= 0.6 is 11.6 Å². The van der Waals surface area contributed by atoms with Crippen LogP contribution < -0.4 is 10.0 Å². The van der Waals surface area contributed by atoms with Crippen LogP contribution in [0.25, 0.3) is 0 Å². The summed E-state index contributed by atoms with van der Waals surface area (Å²) in [6, 6.07) is 25.8. The number of carbonyl (C=O) groups excluding carboxylic acids is 2. The Morgan fingerprint density at radius 2 is 1.51 bits per heavy atom. The van der Waals surface area contributed by atoms with Crippen LogP contribution in [-0.2, 0) is 39.1 Å². The molecule has 5 rings (SSSR count). The first kappa shape index (κ1) is 30.4. The summed E-state index contributed by atoms with van der Waals surface area (Å²) >= 11 is 6.11. The number of amides is 2. The summed E-state index contributed by atoms with van der Waals surface area (Å²) in [6.45, 7) is 0.487. The summed E-state index contributed by atoms with van der Waals surface area (Å²) < 4.78 is 27.8. The van der Waals surface area contributed by atoms with Crippen molar-refractivity contribution in [3.8, 4) is 0 Å². The van der Waals surface area contributed by atoms with E-state index in [0.717, 1.165) is 29.5 Å². The van der Waals surface area contributed by atoms with E-state index in [1.54, 1.807) is 53.7 Å². The van der Waals surface area contributed by atoms with Gasteiger partial charge in [0.1, 0.15) is 6.04 Å². The van der Waals surface area contributed by atoms with Crippen LogP contribution in [0.15, 0.2) is 108 Å². The van der Waals surface area contributed by atoms with Crippen molar-refractivity contribution < 1.29 is 18.0 Å². The average Bonchev–Trinajstić information content (AvgIpc) is 3.84. The number of rotatable bonds is 13. The minimum Gasteiger partial charge on any atom is -0.350 e. The predicted molar refractivity (Wildman–Crippen MR) is 165 cm³/mol. The van der Waals surface area contributed by atoms with E-state index in [9.17, 15) is 18.0 Å². The summed E-state index contributed by atoms with van der Waals surface area (Å²) in [4.78, 5) is 33.6. The summed E-state index contributed by atoms with van der Waals surface area (Å²) in [5.74, 6) is -0.516. The van der Waals surface area contributed by atoms with Gasteiger partial charge in [0.25, 0.3) is 0 Å². The largest absolute Gasteiger partial charge is 0.350 e. The summed E-state index contributed by atoms with van der Waals surface area (Å²) in [5, 5.41) is 3.57. The van der Waals surface area contributed by atoms with Gasteiger partial charge in [0.15, 0.2) is 0 Å². The van der Waals surface area contributed by atoms with Gasteiger partial charge in [0, 0.05) is 43.0 Å². The van der Waals surface area contributed by atoms with Crippen LogP contribution in [0.2, 0.25) is 5.02 Å². The van der Waals surface area contributed by atoms with Crippen LogP contribution in [0.3, 0.4) is 0 Å². The van der Waals surface area contributed by atoms with Crippen LogP contribution in [0.5, 0.6) is 0 Å². The lowest BCUT2D eigenvalue weighted by atomic mass is 10.0. The summed E-state index contributed by atoms with van der Waals surface area (Å²) in [7, 11) is -3.56. The van der Waals surface area contributed by atoms with Gasteiger partial charge in [0.2, 0.25) is 21.8 Å². The van der Waals surface area contributed by atoms with Gasteiger partial charge in [-0.25, -0.2) is 13.1 Å². The Labute approximate surface area is 257 Å². The van der Waals surface area contributed by atoms with Crippen LogP contribution in [0, 0.1) is 0 Å². The first-order valence-electron chi connectivity index (χ1n) is 14.2. The van der Waals surface area contributed by atoms with Gasteiger partial charge >= 0.3 is 0 Å². The highest BCUT2D eigenvalue weighted by Crippen LogP contribution is 2.26. The molecule has 3 aromatic carbocycles. The first-order valence-corrected chi connectivity index (χ1v) is 16.0. The number of benzene rings is 3. The molecule has 1 aromatic heterocycles. The predicted octanol–water partition coefficient (Wildman–Crippen LogP) is 5.19. The van der Waals surface area contributed by atoms with E-state index in [4.69, 9.17) is 11.6 Å². The lowest BCUT2D eigenvalue weighted by Gasteiger charge is -2.32. The highest BCUT2D eigenvalue weighted by atomic mass is 35.5. The molecule has 1 saturated carbocycles. The number of aryl methyl sites for hydroxylation is 1. The lowest BCUT2D eigenvalue weighted by Crippen LogP contribution is -2.43. The molecular formula is C33H33ClN4O4S. The maximum Gasteiger partial charge on any atom is 0.247 e. The molecule has 1 heterocycles. The highest BCUT2D eigenvalue weighted by molar-refractivity contribution is 7.89. The third-order valence-corrected chi connectivity index (χ3v) is 9.03. The molecule has 0 radical (unpaired) electrons. The third-order valence-electron chi connectivity index (χ3n) is 7.24. The molecule has 0 bridgehead atoms. The molecule has 2 N–H and O–H groups in total. The molecule has 43 heavy (non-hydrogen) atoms. The van der Waals surface area contributed by atoms with Gasteiger partial charge in [-0.2, -0.15) is 0 Å². The number of hydrogen-bond acceptors (Lipinski definition) is 5. The van der Waals surface area contributed by atoms with Crippen molar-refractivity contribution in [3.63, 3.8) is 0 Å². The Morgan fingerprint density at radius 1 is 0.860 bits per heavy atom. The van der Waals surface area contributed by atoms with Crippen LogP contribution in [-0.4, -0.2) is 36.2 Å². The molecule has 1 unspecified atom stereocenters. The van der Waals surface area contributed by atoms with Crippen molar-refractivity contribution in [2.75, 3.05) is 0 Å². The monoisotopic (exact) mass is 616 g/mol. The molecule has 2 amide bonds. The second-order valence-corrected chi connectivity index (χ2v) is 12.7. The van der Waals surface area contributed by atoms with Crippen LogP contribution in [0.1, 0.15) is 47.6 Å². The molecule has 8 nitrogen and oxygen atoms in total. The van der Waals surface area contributed by atoms with E-state index in [2.05, 4.69) is 15.0 Å². The Balaban J connectivity index is 1.37. The topological polar surface area (TPSA) is 108 Å². The fourth-order valence-corrected chi connectivity index (χ4v) is 6.15. The van der Waals surface area contributed by atoms with Gasteiger partial charge in [-0.15, -0.1) is 0 Å². The van der Waals surface area contributed by atoms with E-state index < -0.39 is 16.1 Å². The second-order valence-electron chi connectivity index (χ2n) is 10.6. The molecule has 10 heteroatoms. The number of nitrogens with zero attached hydrogens (tertiary/aromatic N) is 2. The molecule has 0 saturated heterocycles. The van der Waals surface area contributed by atoms with Crippen molar-refractivity contribution in [1.82, 2.24) is 19.9 Å². The van der Waals surface area contributed by atoms with Crippen molar-refractivity contribution in [1.29, 1.82) is 0 Å². The zero-order valence-corrected chi connectivity index (χ0v) is 25.1. The number of nitrogens with one attached hydrogen (secondary N) is 2. The average molecular weight is 617 g/mol. The highest BCUT2D eigenvalue weighted by Gasteiger charge is 2.31. The van der Waals surface area contributed by atoms with E-state index in [1.807, 2.05) is 54.6 Å². The fraction of sp³-hybridized carbons (Fsp3) is 0.242. The molecular weight excluding hydrogens is 584 g/mol. The smallest absolute Gasteiger partial charge is 0.247 e. The van der Waals surface area contributed by atoms with Gasteiger partial charge < -0.3 is 10.2 Å². The first-order chi connectivity index (χ1) is 20.8. The quantitative estimate of drug-likeness (QED) is 0.215. The second kappa shape index (κ2) is 13.9. The van der Waals surface area contributed by atoms with Crippen molar-refractivity contribution in [2.24, 2.45) is 0 Å². The standard InChI is InChI=1S/C33H33ClN4O4S/c34-28-11-6-26(7-12-28)23-38(31(39)17-10-24-8-15-30(16-9-24)43(41,42)37-29-13-14-29)32(27-4-2-1-3-5-27)33(40)36-22-25-18-20-35-21-19-25/h1-9,11-12,15-16,18-21,29,32,37H,10,13-14,17,22-23H2,(H,36,40). The molecule has 0 aliphatic heterocycles. The maximum atomic E-state index is 13.9. The van der Waals surface area contributed by atoms with Gasteiger partial charge in [0.05, 0.1) is 4.90 Å². The Kier molecular flexibility index (Phi) is 9.86. The summed E-state index contributed by atoms with van der Waals surface area (Å²) in [5.41, 5.74) is 3.24. The molecule has 1 aliphatic rings. The minimum absolute atomic E-state index is 0.0217. The number of pyridine rings is 1. The zero-order chi connectivity index (χ0) is 30.2. The van der Waals surface area contributed by atoms with Crippen LogP contribution in [0.4, 0.5) is 0 Å². The number of carbonyl (C=O) groups is 2. The molecule has 1 aliphatic carbocycles. The Morgan fingerprint density at radius 3 is 2.16 bits per heavy atom. The normalized spacial score (nSPS) is 13.7. The van der Waals surface area contributed by atoms with Crippen molar-refractivity contribution in [2.45, 2.75) is 55.8 Å². The maximum absolute atomic E-state index is 13.9. The third kappa shape index (κ3) is 8.50. The Bertz CT molecular complexity index is 1630. The minimum atomic E-state index is -3.56. The van der Waals surface area contributed by atoms with Gasteiger partial charge in [-0.1, -0.05) is 66.2 Å². The summed E-state index contributed by atoms with van der Waals surface area (Å²) in [6.07, 6.45) is 5.55. The van der Waals surface area contributed by atoms with Crippen molar-refractivity contribution >= 4 is 33.4 Å². The fourth-order valence-electron chi connectivity index (χ4n) is 4.72. The van der Waals surface area contributed by atoms with E-state index >= 15 is 0 Å². The van der Waals surface area contributed by atoms with Crippen molar-refractivity contribution in [3.05, 3.63) is 131 Å². The molecule has 1 fully saturated rings. The molecule has 0 spiro atoms. The van der Waals surface area contributed by atoms with E-state index in [0.29, 0.717) is 23.6 Å². The molecule has 1 atom stereocenters. The molecule has 222 valence electrons.